The van der Waals surface area contributed by atoms with Crippen LogP contribution in [0.4, 0.5) is 0 Å². The standard InChI is InChI=1S/C23H28N4O2/c1-5-27-19-7-6-8-21(29-4)17(19)12-20(27)18-13-22(26-25-18)24-23(28)16-10-9-14(2)15(3)11-16/h6-12,18,22,25-26H,5,13H2,1-4H3,(H,24,28). The molecule has 152 valence electrons. The zero-order valence-corrected chi connectivity index (χ0v) is 17.4. The fourth-order valence-corrected chi connectivity index (χ4v) is 4.07. The van der Waals surface area contributed by atoms with Gasteiger partial charge in [-0.05, 0) is 62.2 Å². The Balaban J connectivity index is 1.52. The number of nitrogens with one attached hydrogen (secondary N) is 3. The zero-order chi connectivity index (χ0) is 20.5. The highest BCUT2D eigenvalue weighted by molar-refractivity contribution is 5.94. The maximum absolute atomic E-state index is 12.7. The first-order valence-corrected chi connectivity index (χ1v) is 10.1. The summed E-state index contributed by atoms with van der Waals surface area (Å²) >= 11 is 0. The number of fused-ring (bicyclic) bond motifs is 1. The number of ether oxygens (including phenoxy) is 1. The van der Waals surface area contributed by atoms with Crippen molar-refractivity contribution in [2.24, 2.45) is 0 Å². The van der Waals surface area contributed by atoms with Crippen LogP contribution in [-0.2, 0) is 6.54 Å². The highest BCUT2D eigenvalue weighted by atomic mass is 16.5. The summed E-state index contributed by atoms with van der Waals surface area (Å²) < 4.78 is 7.83. The minimum absolute atomic E-state index is 0.0641. The summed E-state index contributed by atoms with van der Waals surface area (Å²) in [7, 11) is 1.70. The number of carbonyl (C=O) groups excluding carboxylic acids is 1. The average Bonchev–Trinajstić information content (AvgIpc) is 3.33. The van der Waals surface area contributed by atoms with Crippen molar-refractivity contribution in [1.82, 2.24) is 20.7 Å². The van der Waals surface area contributed by atoms with Gasteiger partial charge in [0, 0.05) is 29.6 Å². The van der Waals surface area contributed by atoms with E-state index in [1.54, 1.807) is 7.11 Å². The van der Waals surface area contributed by atoms with Crippen molar-refractivity contribution in [3.8, 4) is 5.75 Å². The molecule has 2 unspecified atom stereocenters. The number of aromatic nitrogens is 1. The second kappa shape index (κ2) is 7.89. The van der Waals surface area contributed by atoms with Crippen molar-refractivity contribution >= 4 is 16.8 Å². The Bertz CT molecular complexity index is 1060. The Hall–Kier alpha value is -2.83. The summed E-state index contributed by atoms with van der Waals surface area (Å²) in [5, 5.41) is 4.20. The molecule has 0 bridgehead atoms. The summed E-state index contributed by atoms with van der Waals surface area (Å²) in [5.41, 5.74) is 11.9. The molecule has 0 saturated carbocycles. The molecule has 4 rings (SSSR count). The highest BCUT2D eigenvalue weighted by Crippen LogP contribution is 2.33. The van der Waals surface area contributed by atoms with Crippen molar-refractivity contribution in [1.29, 1.82) is 0 Å². The lowest BCUT2D eigenvalue weighted by Gasteiger charge is -2.14. The number of methoxy groups -OCH3 is 1. The topological polar surface area (TPSA) is 67.3 Å². The van der Waals surface area contributed by atoms with Crippen LogP contribution in [0.15, 0.2) is 42.5 Å². The van der Waals surface area contributed by atoms with Crippen molar-refractivity contribution in [3.05, 3.63) is 64.8 Å². The highest BCUT2D eigenvalue weighted by Gasteiger charge is 2.29. The fourth-order valence-electron chi connectivity index (χ4n) is 4.07. The zero-order valence-electron chi connectivity index (χ0n) is 17.4. The lowest BCUT2D eigenvalue weighted by molar-refractivity contribution is 0.0932. The van der Waals surface area contributed by atoms with Gasteiger partial charge in [0.25, 0.3) is 5.91 Å². The molecule has 2 aromatic carbocycles. The molecule has 1 saturated heterocycles. The largest absolute Gasteiger partial charge is 0.496 e. The van der Waals surface area contributed by atoms with Crippen molar-refractivity contribution in [2.75, 3.05) is 7.11 Å². The second-order valence-corrected chi connectivity index (χ2v) is 7.61. The predicted octanol–water partition coefficient (Wildman–Crippen LogP) is 3.58. The first kappa shape index (κ1) is 19.5. The number of amides is 1. The van der Waals surface area contributed by atoms with E-state index in [-0.39, 0.29) is 18.1 Å². The molecule has 2 heterocycles. The minimum Gasteiger partial charge on any atom is -0.496 e. The SMILES string of the molecule is CCn1c(C2CC(NC(=O)c3ccc(C)c(C)c3)NN2)cc2c(OC)cccc21. The Morgan fingerprint density at radius 3 is 2.72 bits per heavy atom. The lowest BCUT2D eigenvalue weighted by atomic mass is 10.1. The summed E-state index contributed by atoms with van der Waals surface area (Å²) in [6.45, 7) is 7.08. The molecule has 6 nitrogen and oxygen atoms in total. The minimum atomic E-state index is -0.140. The quantitative estimate of drug-likeness (QED) is 0.621. The molecule has 3 N–H and O–H groups in total. The number of hydrazine groups is 1. The number of carbonyl (C=O) groups is 1. The third-order valence-corrected chi connectivity index (χ3v) is 5.81. The molecule has 1 aliphatic rings. The van der Waals surface area contributed by atoms with E-state index in [9.17, 15) is 4.79 Å². The summed E-state index contributed by atoms with van der Waals surface area (Å²) in [6.07, 6.45) is 0.620. The van der Waals surface area contributed by atoms with Crippen LogP contribution < -0.4 is 20.9 Å². The van der Waals surface area contributed by atoms with Crippen LogP contribution >= 0.6 is 0 Å². The summed E-state index contributed by atoms with van der Waals surface area (Å²) in [5.74, 6) is 0.812. The van der Waals surface area contributed by atoms with E-state index in [1.165, 1.54) is 11.3 Å². The van der Waals surface area contributed by atoms with Gasteiger partial charge in [-0.15, -0.1) is 0 Å². The van der Waals surface area contributed by atoms with E-state index in [0.29, 0.717) is 5.56 Å². The van der Waals surface area contributed by atoms with E-state index in [4.69, 9.17) is 4.74 Å². The van der Waals surface area contributed by atoms with Crippen molar-refractivity contribution in [3.63, 3.8) is 0 Å². The van der Waals surface area contributed by atoms with Gasteiger partial charge in [-0.2, -0.15) is 0 Å². The fraction of sp³-hybridized carbons (Fsp3) is 0.348. The third-order valence-electron chi connectivity index (χ3n) is 5.81. The maximum Gasteiger partial charge on any atom is 0.252 e. The molecule has 6 heteroatoms. The number of hydrogen-bond acceptors (Lipinski definition) is 4. The van der Waals surface area contributed by atoms with Gasteiger partial charge in [0.05, 0.1) is 24.8 Å². The van der Waals surface area contributed by atoms with Gasteiger partial charge in [0.1, 0.15) is 5.75 Å². The molecular formula is C23H28N4O2. The van der Waals surface area contributed by atoms with Gasteiger partial charge in [0.2, 0.25) is 0 Å². The van der Waals surface area contributed by atoms with Crippen LogP contribution in [0.3, 0.4) is 0 Å². The van der Waals surface area contributed by atoms with Gasteiger partial charge in [0.15, 0.2) is 0 Å². The van der Waals surface area contributed by atoms with Crippen LogP contribution in [0.5, 0.6) is 5.75 Å². The van der Waals surface area contributed by atoms with Gasteiger partial charge in [-0.25, -0.2) is 10.9 Å². The molecule has 3 aromatic rings. The molecule has 0 radical (unpaired) electrons. The maximum atomic E-state index is 12.7. The summed E-state index contributed by atoms with van der Waals surface area (Å²) in [4.78, 5) is 12.7. The van der Waals surface area contributed by atoms with E-state index >= 15 is 0 Å². The van der Waals surface area contributed by atoms with Crippen LogP contribution in [0.2, 0.25) is 0 Å². The number of aryl methyl sites for hydroxylation is 3. The second-order valence-electron chi connectivity index (χ2n) is 7.61. The third kappa shape index (κ3) is 3.61. The number of benzene rings is 2. The van der Waals surface area contributed by atoms with E-state index in [2.05, 4.69) is 39.8 Å². The molecule has 2 atom stereocenters. The average molecular weight is 393 g/mol. The molecule has 1 aromatic heterocycles. The first-order valence-electron chi connectivity index (χ1n) is 10.1. The van der Waals surface area contributed by atoms with E-state index in [1.807, 2.05) is 44.2 Å². The monoisotopic (exact) mass is 392 g/mol. The molecule has 29 heavy (non-hydrogen) atoms. The van der Waals surface area contributed by atoms with Crippen LogP contribution in [0.25, 0.3) is 10.9 Å². The van der Waals surface area contributed by atoms with E-state index < -0.39 is 0 Å². The van der Waals surface area contributed by atoms with E-state index in [0.717, 1.165) is 35.2 Å². The molecule has 1 aliphatic heterocycles. The normalized spacial score (nSPS) is 18.9. The molecule has 0 spiro atoms. The summed E-state index contributed by atoms with van der Waals surface area (Å²) in [6, 6.07) is 14.2. The molecule has 1 amide bonds. The van der Waals surface area contributed by atoms with Gasteiger partial charge in [-0.1, -0.05) is 12.1 Å². The Morgan fingerprint density at radius 1 is 1.17 bits per heavy atom. The van der Waals surface area contributed by atoms with Crippen LogP contribution in [0, 0.1) is 13.8 Å². The van der Waals surface area contributed by atoms with Crippen molar-refractivity contribution in [2.45, 2.75) is 45.9 Å². The number of rotatable bonds is 5. The number of nitrogens with zero attached hydrogens (tertiary/aromatic N) is 1. The molecular weight excluding hydrogens is 364 g/mol. The Kier molecular flexibility index (Phi) is 5.30. The predicted molar refractivity (Wildman–Crippen MR) is 115 cm³/mol. The molecule has 1 fully saturated rings. The van der Waals surface area contributed by atoms with Crippen molar-refractivity contribution < 1.29 is 9.53 Å². The van der Waals surface area contributed by atoms with Crippen LogP contribution in [0.1, 0.15) is 46.6 Å². The smallest absolute Gasteiger partial charge is 0.252 e. The van der Waals surface area contributed by atoms with Gasteiger partial charge in [-0.3, -0.25) is 4.79 Å². The van der Waals surface area contributed by atoms with Gasteiger partial charge >= 0.3 is 0 Å². The lowest BCUT2D eigenvalue weighted by Crippen LogP contribution is -2.44. The first-order chi connectivity index (χ1) is 14.0. The Morgan fingerprint density at radius 2 is 2.00 bits per heavy atom. The number of hydrogen-bond donors (Lipinski definition) is 3. The van der Waals surface area contributed by atoms with Crippen LogP contribution in [-0.4, -0.2) is 23.7 Å². The Labute approximate surface area is 171 Å². The van der Waals surface area contributed by atoms with Gasteiger partial charge < -0.3 is 14.6 Å². The molecule has 0 aliphatic carbocycles.